The summed E-state index contributed by atoms with van der Waals surface area (Å²) in [5.74, 6) is 0.206. The van der Waals surface area contributed by atoms with Gasteiger partial charge in [-0.15, -0.1) is 0 Å². The third kappa shape index (κ3) is 5.07. The highest BCUT2D eigenvalue weighted by molar-refractivity contribution is 6.30. The SMILES string of the molecule is Cn1nccc1-c1cc(NC(=O)C(O)c2ccc(Cl)cc2)ccc1OC1CCCNC1. The van der Waals surface area contributed by atoms with E-state index in [2.05, 4.69) is 15.7 Å². The van der Waals surface area contributed by atoms with Gasteiger partial charge in [0.2, 0.25) is 0 Å². The maximum Gasteiger partial charge on any atom is 0.257 e. The molecule has 162 valence electrons. The first-order valence-electron chi connectivity index (χ1n) is 10.3. The highest BCUT2D eigenvalue weighted by atomic mass is 35.5. The molecular formula is C23H25ClN4O3. The van der Waals surface area contributed by atoms with Crippen LogP contribution < -0.4 is 15.4 Å². The zero-order valence-corrected chi connectivity index (χ0v) is 18.0. The van der Waals surface area contributed by atoms with Crippen LogP contribution in [0.15, 0.2) is 54.7 Å². The van der Waals surface area contributed by atoms with E-state index in [1.165, 1.54) is 0 Å². The summed E-state index contributed by atoms with van der Waals surface area (Å²) in [4.78, 5) is 12.6. The number of ether oxygens (including phenoxy) is 1. The maximum atomic E-state index is 12.6. The molecule has 31 heavy (non-hydrogen) atoms. The second kappa shape index (κ2) is 9.51. The molecule has 7 nitrogen and oxygen atoms in total. The number of aliphatic hydroxyl groups is 1. The van der Waals surface area contributed by atoms with E-state index in [0.717, 1.165) is 42.9 Å². The molecule has 2 unspecified atom stereocenters. The van der Waals surface area contributed by atoms with E-state index < -0.39 is 12.0 Å². The summed E-state index contributed by atoms with van der Waals surface area (Å²) in [6, 6.07) is 13.9. The molecular weight excluding hydrogens is 416 g/mol. The lowest BCUT2D eigenvalue weighted by atomic mass is 10.1. The molecule has 1 aliphatic heterocycles. The average molecular weight is 441 g/mol. The topological polar surface area (TPSA) is 88.4 Å². The van der Waals surface area contributed by atoms with Crippen molar-refractivity contribution in [1.29, 1.82) is 0 Å². The first-order chi connectivity index (χ1) is 15.0. The summed E-state index contributed by atoms with van der Waals surface area (Å²) in [6.07, 6.45) is 2.57. The number of rotatable bonds is 6. The molecule has 8 heteroatoms. The summed E-state index contributed by atoms with van der Waals surface area (Å²) in [5, 5.41) is 21.4. The van der Waals surface area contributed by atoms with Gasteiger partial charge in [0.15, 0.2) is 6.10 Å². The lowest BCUT2D eigenvalue weighted by Gasteiger charge is -2.25. The van der Waals surface area contributed by atoms with Gasteiger partial charge in [-0.3, -0.25) is 9.48 Å². The summed E-state index contributed by atoms with van der Waals surface area (Å²) in [5.41, 5.74) is 2.72. The van der Waals surface area contributed by atoms with Crippen LogP contribution in [-0.4, -0.2) is 40.0 Å². The molecule has 0 radical (unpaired) electrons. The fourth-order valence-electron chi connectivity index (χ4n) is 3.66. The van der Waals surface area contributed by atoms with Crippen LogP contribution in [0.4, 0.5) is 5.69 Å². The second-order valence-electron chi connectivity index (χ2n) is 7.58. The summed E-state index contributed by atoms with van der Waals surface area (Å²) < 4.78 is 8.03. The first-order valence-corrected chi connectivity index (χ1v) is 10.6. The van der Waals surface area contributed by atoms with Gasteiger partial charge in [0, 0.05) is 36.1 Å². The summed E-state index contributed by atoms with van der Waals surface area (Å²) >= 11 is 5.88. The van der Waals surface area contributed by atoms with E-state index in [1.807, 2.05) is 25.2 Å². The Bertz CT molecular complexity index is 1050. The Hall–Kier alpha value is -2.87. The number of benzene rings is 2. The van der Waals surface area contributed by atoms with Crippen LogP contribution >= 0.6 is 11.6 Å². The minimum atomic E-state index is -1.30. The van der Waals surface area contributed by atoms with E-state index in [0.29, 0.717) is 16.3 Å². The number of amides is 1. The minimum absolute atomic E-state index is 0.0906. The fraction of sp³-hybridized carbons (Fsp3) is 0.304. The molecule has 1 saturated heterocycles. The van der Waals surface area contributed by atoms with Gasteiger partial charge in [-0.05, 0) is 61.3 Å². The van der Waals surface area contributed by atoms with Crippen LogP contribution in [0.25, 0.3) is 11.3 Å². The normalized spacial score (nSPS) is 17.2. The quantitative estimate of drug-likeness (QED) is 0.545. The van der Waals surface area contributed by atoms with Crippen molar-refractivity contribution in [2.45, 2.75) is 25.0 Å². The Morgan fingerprint density at radius 2 is 2.10 bits per heavy atom. The molecule has 3 N–H and O–H groups in total. The number of hydrogen-bond acceptors (Lipinski definition) is 5. The monoisotopic (exact) mass is 440 g/mol. The highest BCUT2D eigenvalue weighted by Crippen LogP contribution is 2.34. The predicted molar refractivity (Wildman–Crippen MR) is 120 cm³/mol. The third-order valence-corrected chi connectivity index (χ3v) is 5.58. The largest absolute Gasteiger partial charge is 0.488 e. The molecule has 2 heterocycles. The molecule has 2 atom stereocenters. The predicted octanol–water partition coefficient (Wildman–Crippen LogP) is 3.54. The average Bonchev–Trinajstić information content (AvgIpc) is 3.21. The van der Waals surface area contributed by atoms with Gasteiger partial charge < -0.3 is 20.5 Å². The van der Waals surface area contributed by atoms with Crippen molar-refractivity contribution in [1.82, 2.24) is 15.1 Å². The van der Waals surface area contributed by atoms with Crippen molar-refractivity contribution in [2.24, 2.45) is 7.05 Å². The number of carbonyl (C=O) groups is 1. The molecule has 0 bridgehead atoms. The van der Waals surface area contributed by atoms with Crippen molar-refractivity contribution >= 4 is 23.2 Å². The Kier molecular flexibility index (Phi) is 6.56. The summed E-state index contributed by atoms with van der Waals surface area (Å²) in [6.45, 7) is 1.81. The Labute approximate surface area is 186 Å². The molecule has 3 aromatic rings. The van der Waals surface area contributed by atoms with Gasteiger partial charge >= 0.3 is 0 Å². The van der Waals surface area contributed by atoms with Crippen molar-refractivity contribution in [3.05, 3.63) is 65.3 Å². The Morgan fingerprint density at radius 1 is 1.29 bits per heavy atom. The molecule has 0 saturated carbocycles. The molecule has 0 aliphatic carbocycles. The van der Waals surface area contributed by atoms with Crippen molar-refractivity contribution < 1.29 is 14.6 Å². The Balaban J connectivity index is 1.57. The number of halogens is 1. The zero-order chi connectivity index (χ0) is 21.8. The molecule has 4 rings (SSSR count). The number of nitrogens with one attached hydrogen (secondary N) is 2. The van der Waals surface area contributed by atoms with Crippen molar-refractivity contribution in [3.63, 3.8) is 0 Å². The zero-order valence-electron chi connectivity index (χ0n) is 17.2. The number of aryl methyl sites for hydroxylation is 1. The highest BCUT2D eigenvalue weighted by Gasteiger charge is 2.21. The Morgan fingerprint density at radius 3 is 2.77 bits per heavy atom. The van der Waals surface area contributed by atoms with E-state index in [9.17, 15) is 9.90 Å². The van der Waals surface area contributed by atoms with Crippen LogP contribution in [0, 0.1) is 0 Å². The van der Waals surface area contributed by atoms with Crippen LogP contribution in [0.3, 0.4) is 0 Å². The standard InChI is InChI=1S/C23H25ClN4O3/c1-28-20(10-12-26-28)19-13-17(8-9-21(19)31-18-3-2-11-25-14-18)27-23(30)22(29)15-4-6-16(24)7-5-15/h4-10,12-13,18,22,25,29H,2-3,11,14H2,1H3,(H,27,30). The smallest absolute Gasteiger partial charge is 0.257 e. The van der Waals surface area contributed by atoms with E-state index >= 15 is 0 Å². The molecule has 1 amide bonds. The lowest BCUT2D eigenvalue weighted by Crippen LogP contribution is -2.37. The fourth-order valence-corrected chi connectivity index (χ4v) is 3.78. The van der Waals surface area contributed by atoms with Crippen LogP contribution in [0.1, 0.15) is 24.5 Å². The van der Waals surface area contributed by atoms with Gasteiger partial charge in [-0.2, -0.15) is 5.10 Å². The molecule has 1 aromatic heterocycles. The number of aromatic nitrogens is 2. The third-order valence-electron chi connectivity index (χ3n) is 5.32. The van der Waals surface area contributed by atoms with Crippen molar-refractivity contribution in [3.8, 4) is 17.0 Å². The van der Waals surface area contributed by atoms with E-state index in [4.69, 9.17) is 16.3 Å². The van der Waals surface area contributed by atoms with E-state index in [1.54, 1.807) is 41.2 Å². The molecule has 1 aliphatic rings. The van der Waals surface area contributed by atoms with Gasteiger partial charge in [-0.25, -0.2) is 0 Å². The van der Waals surface area contributed by atoms with Crippen LogP contribution in [-0.2, 0) is 11.8 Å². The van der Waals surface area contributed by atoms with Gasteiger partial charge in [0.05, 0.1) is 5.69 Å². The molecule has 1 fully saturated rings. The van der Waals surface area contributed by atoms with Crippen LogP contribution in [0.5, 0.6) is 5.75 Å². The number of aliphatic hydroxyl groups excluding tert-OH is 1. The van der Waals surface area contributed by atoms with Crippen LogP contribution in [0.2, 0.25) is 5.02 Å². The lowest BCUT2D eigenvalue weighted by molar-refractivity contribution is -0.124. The maximum absolute atomic E-state index is 12.6. The number of anilines is 1. The van der Waals surface area contributed by atoms with E-state index in [-0.39, 0.29) is 6.10 Å². The minimum Gasteiger partial charge on any atom is -0.488 e. The molecule has 2 aromatic carbocycles. The number of hydrogen-bond donors (Lipinski definition) is 3. The summed E-state index contributed by atoms with van der Waals surface area (Å²) in [7, 11) is 1.86. The molecule has 0 spiro atoms. The van der Waals surface area contributed by atoms with Gasteiger partial charge in [0.25, 0.3) is 5.91 Å². The number of nitrogens with zero attached hydrogens (tertiary/aromatic N) is 2. The number of carbonyl (C=O) groups excluding carboxylic acids is 1. The first kappa shape index (κ1) is 21.4. The van der Waals surface area contributed by atoms with Gasteiger partial charge in [-0.1, -0.05) is 23.7 Å². The number of piperidine rings is 1. The van der Waals surface area contributed by atoms with Crippen molar-refractivity contribution in [2.75, 3.05) is 18.4 Å². The second-order valence-corrected chi connectivity index (χ2v) is 8.02. The van der Waals surface area contributed by atoms with Gasteiger partial charge in [0.1, 0.15) is 11.9 Å².